The van der Waals surface area contributed by atoms with Crippen molar-refractivity contribution >= 4 is 49.0 Å². The van der Waals surface area contributed by atoms with Gasteiger partial charge in [-0.25, -0.2) is 0 Å². The fourth-order valence-corrected chi connectivity index (χ4v) is 6.12. The Balaban J connectivity index is 1.99. The quantitative estimate of drug-likeness (QED) is 0.150. The van der Waals surface area contributed by atoms with Crippen LogP contribution < -0.4 is 4.57 Å². The van der Waals surface area contributed by atoms with Crippen LogP contribution in [0.3, 0.4) is 0 Å². The van der Waals surface area contributed by atoms with Gasteiger partial charge >= 0.3 is 0 Å². The summed E-state index contributed by atoms with van der Waals surface area (Å²) in [6.07, 6.45) is 3.02. The number of nitrogens with zero attached hydrogens (tertiary/aromatic N) is 3. The van der Waals surface area contributed by atoms with E-state index in [1.165, 1.54) is 65.9 Å². The number of benzene rings is 3. The highest BCUT2D eigenvalue weighted by Crippen LogP contribution is 2.43. The molecule has 0 N–H and O–H groups in total. The first kappa shape index (κ1) is 20.9. The van der Waals surface area contributed by atoms with Gasteiger partial charge in [0.05, 0.1) is 27.3 Å². The predicted octanol–water partition coefficient (Wildman–Crippen LogP) is 7.20. The molecule has 3 heteroatoms. The molecule has 0 bridgehead atoms. The lowest BCUT2D eigenvalue weighted by Gasteiger charge is -2.18. The average molecular weight is 445 g/mol. The standard InChI is InChI=1S/C31H30N3/c1-17-12-18(2)28-26(19(17)3)30-27-22(21(15-32)16-33(30)7)10-11-24-23-9-8-20(14-31(4,5)6)13-25(23)34(28)29(24)27/h8-13,16H,14H2,1-7H3/q+1. The van der Waals surface area contributed by atoms with E-state index in [4.69, 9.17) is 0 Å². The van der Waals surface area contributed by atoms with Crippen molar-refractivity contribution in [2.75, 3.05) is 0 Å². The van der Waals surface area contributed by atoms with Crippen LogP contribution in [0, 0.1) is 37.5 Å². The van der Waals surface area contributed by atoms with Crippen molar-refractivity contribution in [3.63, 3.8) is 0 Å². The second-order valence-electron chi connectivity index (χ2n) is 11.3. The van der Waals surface area contributed by atoms with Gasteiger partial charge in [-0.05, 0) is 60.9 Å². The molecular formula is C31H30N3+. The second-order valence-corrected chi connectivity index (χ2v) is 11.3. The summed E-state index contributed by atoms with van der Waals surface area (Å²) < 4.78 is 4.65. The van der Waals surface area contributed by atoms with E-state index in [1.54, 1.807) is 0 Å². The normalized spacial score (nSPS) is 12.6. The summed E-state index contributed by atoms with van der Waals surface area (Å²) in [6, 6.07) is 16.1. The summed E-state index contributed by atoms with van der Waals surface area (Å²) >= 11 is 0. The molecule has 168 valence electrons. The molecule has 0 aliphatic carbocycles. The summed E-state index contributed by atoms with van der Waals surface area (Å²) in [4.78, 5) is 0. The Morgan fingerprint density at radius 1 is 0.882 bits per heavy atom. The third-order valence-corrected chi connectivity index (χ3v) is 7.52. The fraction of sp³-hybridized carbons (Fsp3) is 0.290. The number of nitriles is 1. The molecule has 0 aliphatic heterocycles. The molecule has 0 aliphatic rings. The van der Waals surface area contributed by atoms with E-state index in [0.29, 0.717) is 0 Å². The van der Waals surface area contributed by atoms with Crippen molar-refractivity contribution in [1.82, 2.24) is 4.40 Å². The Kier molecular flexibility index (Phi) is 4.13. The first-order chi connectivity index (χ1) is 16.1. The molecule has 3 aromatic carbocycles. The monoisotopic (exact) mass is 444 g/mol. The summed E-state index contributed by atoms with van der Waals surface area (Å²) in [5.41, 5.74) is 11.2. The van der Waals surface area contributed by atoms with E-state index in [1.807, 2.05) is 6.20 Å². The highest BCUT2D eigenvalue weighted by atomic mass is 15.0. The molecule has 0 amide bonds. The van der Waals surface area contributed by atoms with Crippen LogP contribution in [-0.4, -0.2) is 4.40 Å². The number of pyridine rings is 2. The molecule has 0 radical (unpaired) electrons. The molecule has 0 fully saturated rings. The van der Waals surface area contributed by atoms with Crippen molar-refractivity contribution in [2.45, 2.75) is 48.0 Å². The number of fused-ring (bicyclic) bond motifs is 6. The Morgan fingerprint density at radius 2 is 1.59 bits per heavy atom. The molecule has 3 heterocycles. The fourth-order valence-electron chi connectivity index (χ4n) is 6.12. The summed E-state index contributed by atoms with van der Waals surface area (Å²) in [5, 5.41) is 16.0. The van der Waals surface area contributed by atoms with Crippen molar-refractivity contribution in [3.8, 4) is 6.07 Å². The zero-order chi connectivity index (χ0) is 24.1. The van der Waals surface area contributed by atoms with Crippen molar-refractivity contribution in [2.24, 2.45) is 12.5 Å². The highest BCUT2D eigenvalue weighted by molar-refractivity contribution is 6.28. The topological polar surface area (TPSA) is 32.1 Å². The van der Waals surface area contributed by atoms with Gasteiger partial charge in [-0.2, -0.15) is 9.83 Å². The van der Waals surface area contributed by atoms with Gasteiger partial charge in [0, 0.05) is 16.2 Å². The maximum Gasteiger partial charge on any atom is 0.224 e. The average Bonchev–Trinajstić information content (AvgIpc) is 3.09. The lowest BCUT2D eigenvalue weighted by molar-refractivity contribution is -0.644. The van der Waals surface area contributed by atoms with Crippen LogP contribution in [0.5, 0.6) is 0 Å². The first-order valence-electron chi connectivity index (χ1n) is 12.0. The molecule has 0 spiro atoms. The van der Waals surface area contributed by atoms with Crippen LogP contribution >= 0.6 is 0 Å². The van der Waals surface area contributed by atoms with Gasteiger partial charge in [-0.1, -0.05) is 51.1 Å². The maximum atomic E-state index is 9.96. The molecule has 6 aromatic rings. The minimum absolute atomic E-state index is 0.221. The summed E-state index contributed by atoms with van der Waals surface area (Å²) in [5.74, 6) is 0. The van der Waals surface area contributed by atoms with Crippen LogP contribution in [0.15, 0.2) is 42.6 Å². The third kappa shape index (κ3) is 2.66. The Hall–Kier alpha value is -3.64. The van der Waals surface area contributed by atoms with Crippen LogP contribution in [0.25, 0.3) is 49.0 Å². The van der Waals surface area contributed by atoms with Crippen molar-refractivity contribution in [1.29, 1.82) is 5.26 Å². The highest BCUT2D eigenvalue weighted by Gasteiger charge is 2.27. The molecule has 3 aromatic heterocycles. The molecule has 0 unspecified atom stereocenters. The maximum absolute atomic E-state index is 9.96. The Morgan fingerprint density at radius 3 is 2.29 bits per heavy atom. The van der Waals surface area contributed by atoms with Gasteiger partial charge < -0.3 is 4.40 Å². The minimum atomic E-state index is 0.221. The number of rotatable bonds is 1. The smallest absolute Gasteiger partial charge is 0.224 e. The molecule has 0 saturated heterocycles. The van der Waals surface area contributed by atoms with Gasteiger partial charge in [0.15, 0.2) is 6.20 Å². The van der Waals surface area contributed by atoms with Gasteiger partial charge in [-0.3, -0.25) is 0 Å². The second kappa shape index (κ2) is 6.70. The molecule has 0 atom stereocenters. The van der Waals surface area contributed by atoms with E-state index in [-0.39, 0.29) is 5.41 Å². The van der Waals surface area contributed by atoms with E-state index in [2.05, 4.69) is 100 Å². The van der Waals surface area contributed by atoms with Crippen LogP contribution in [0.1, 0.15) is 48.6 Å². The Bertz CT molecular complexity index is 1850. The number of hydrogen-bond donors (Lipinski definition) is 0. The van der Waals surface area contributed by atoms with E-state index in [9.17, 15) is 5.26 Å². The molecule has 6 rings (SSSR count). The van der Waals surface area contributed by atoms with Gasteiger partial charge in [0.1, 0.15) is 18.7 Å². The van der Waals surface area contributed by atoms with Gasteiger partial charge in [0.2, 0.25) is 5.52 Å². The predicted molar refractivity (Wildman–Crippen MR) is 142 cm³/mol. The molecule has 0 saturated carbocycles. The number of hydrogen-bond acceptors (Lipinski definition) is 1. The zero-order valence-corrected chi connectivity index (χ0v) is 21.1. The van der Waals surface area contributed by atoms with Crippen LogP contribution in [0.2, 0.25) is 0 Å². The van der Waals surface area contributed by atoms with E-state index < -0.39 is 0 Å². The van der Waals surface area contributed by atoms with Crippen LogP contribution in [-0.2, 0) is 13.5 Å². The SMILES string of the molecule is Cc1cc(C)c2c(c1C)c1c3c(ccc4c5ccc(CC(C)(C)C)cc5n2c43)c(C#N)c[n+]1C. The molecular weight excluding hydrogens is 414 g/mol. The van der Waals surface area contributed by atoms with Crippen molar-refractivity contribution < 1.29 is 4.57 Å². The minimum Gasteiger partial charge on any atom is -0.307 e. The van der Waals surface area contributed by atoms with Gasteiger partial charge in [0.25, 0.3) is 0 Å². The third-order valence-electron chi connectivity index (χ3n) is 7.52. The molecule has 3 nitrogen and oxygen atoms in total. The number of aryl methyl sites for hydroxylation is 4. The lowest BCUT2D eigenvalue weighted by Crippen LogP contribution is -2.30. The zero-order valence-electron chi connectivity index (χ0n) is 21.1. The summed E-state index contributed by atoms with van der Waals surface area (Å²) in [6.45, 7) is 13.6. The van der Waals surface area contributed by atoms with Crippen LogP contribution in [0.4, 0.5) is 0 Å². The summed E-state index contributed by atoms with van der Waals surface area (Å²) in [7, 11) is 2.08. The Labute approximate surface area is 200 Å². The number of aromatic nitrogens is 2. The van der Waals surface area contributed by atoms with Gasteiger partial charge in [-0.15, -0.1) is 0 Å². The van der Waals surface area contributed by atoms with E-state index >= 15 is 0 Å². The largest absolute Gasteiger partial charge is 0.307 e. The van der Waals surface area contributed by atoms with E-state index in [0.717, 1.165) is 17.4 Å². The lowest BCUT2D eigenvalue weighted by atomic mass is 9.88. The van der Waals surface area contributed by atoms with Crippen molar-refractivity contribution in [3.05, 3.63) is 70.4 Å². The first-order valence-corrected chi connectivity index (χ1v) is 12.0. The molecule has 34 heavy (non-hydrogen) atoms.